The van der Waals surface area contributed by atoms with Crippen molar-refractivity contribution in [3.8, 4) is 0 Å². The third kappa shape index (κ3) is 4.07. The molecule has 0 aliphatic rings. The summed E-state index contributed by atoms with van der Waals surface area (Å²) in [5.74, 6) is 0. The van der Waals surface area contributed by atoms with E-state index in [1.54, 1.807) is 0 Å². The Labute approximate surface area is 138 Å². The van der Waals surface area contributed by atoms with E-state index < -0.39 is 0 Å². The Bertz CT molecular complexity index is 723. The van der Waals surface area contributed by atoms with E-state index in [4.69, 9.17) is 5.73 Å². The molecule has 0 amide bonds. The van der Waals surface area contributed by atoms with Crippen LogP contribution in [0.2, 0.25) is 0 Å². The Morgan fingerprint density at radius 3 is 2.04 bits per heavy atom. The minimum atomic E-state index is -0.0917. The van der Waals surface area contributed by atoms with Crippen LogP contribution in [-0.4, -0.2) is 0 Å². The molecule has 0 aliphatic carbocycles. The van der Waals surface area contributed by atoms with E-state index in [-0.39, 0.29) is 6.04 Å². The molecule has 23 heavy (non-hydrogen) atoms. The molecule has 0 bridgehead atoms. The Balaban J connectivity index is 1.71. The molecule has 3 rings (SSSR count). The predicted octanol–water partition coefficient (Wildman–Crippen LogP) is 4.02. The van der Waals surface area contributed by atoms with Crippen molar-refractivity contribution in [2.24, 2.45) is 5.73 Å². The zero-order valence-electron chi connectivity index (χ0n) is 13.2. The maximum Gasteiger partial charge on any atom is 0.0554 e. The molecule has 0 aliphatic heterocycles. The Hall–Kier alpha value is -2.42. The number of benzene rings is 3. The first-order valence-electron chi connectivity index (χ1n) is 7.97. The maximum absolute atomic E-state index is 6.47. The number of hydrogen-bond donors (Lipinski definition) is 2. The van der Waals surface area contributed by atoms with Crippen LogP contribution in [0.4, 0.5) is 0 Å². The van der Waals surface area contributed by atoms with Gasteiger partial charge in [0, 0.05) is 13.1 Å². The van der Waals surface area contributed by atoms with Crippen molar-refractivity contribution in [1.29, 1.82) is 0 Å². The molecule has 0 radical (unpaired) electrons. The number of hydrogen-bond acceptors (Lipinski definition) is 2. The summed E-state index contributed by atoms with van der Waals surface area (Å²) in [4.78, 5) is 0. The summed E-state index contributed by atoms with van der Waals surface area (Å²) in [7, 11) is 0. The van der Waals surface area contributed by atoms with E-state index in [9.17, 15) is 0 Å². The lowest BCUT2D eigenvalue weighted by atomic mass is 9.95. The predicted molar refractivity (Wildman–Crippen MR) is 95.9 cm³/mol. The average molecular weight is 302 g/mol. The molecule has 3 N–H and O–H groups in total. The molecule has 1 unspecified atom stereocenters. The molecule has 0 aromatic heterocycles. The van der Waals surface area contributed by atoms with Crippen LogP contribution >= 0.6 is 0 Å². The third-order valence-electron chi connectivity index (χ3n) is 4.04. The number of nitrogens with two attached hydrogens (primary N) is 1. The molecular formula is C21H22N2. The summed E-state index contributed by atoms with van der Waals surface area (Å²) in [6.45, 7) is 1.67. The topological polar surface area (TPSA) is 38.0 Å². The zero-order chi connectivity index (χ0) is 15.9. The van der Waals surface area contributed by atoms with Gasteiger partial charge in [-0.3, -0.25) is 0 Å². The zero-order valence-corrected chi connectivity index (χ0v) is 13.2. The van der Waals surface area contributed by atoms with Gasteiger partial charge in [0.2, 0.25) is 0 Å². The molecule has 0 fully saturated rings. The van der Waals surface area contributed by atoms with Crippen LogP contribution in [0, 0.1) is 0 Å². The Morgan fingerprint density at radius 2 is 1.30 bits per heavy atom. The lowest BCUT2D eigenvalue weighted by molar-refractivity contribution is 0.682. The molecule has 0 saturated heterocycles. The van der Waals surface area contributed by atoms with Gasteiger partial charge in [-0.25, -0.2) is 0 Å². The molecule has 0 spiro atoms. The Morgan fingerprint density at radius 1 is 0.696 bits per heavy atom. The van der Waals surface area contributed by atoms with Crippen molar-refractivity contribution >= 4 is 0 Å². The molecule has 1 atom stereocenters. The summed E-state index contributed by atoms with van der Waals surface area (Å²) >= 11 is 0. The van der Waals surface area contributed by atoms with E-state index in [2.05, 4.69) is 66.0 Å². The molecule has 116 valence electrons. The van der Waals surface area contributed by atoms with E-state index in [0.29, 0.717) is 0 Å². The van der Waals surface area contributed by atoms with Gasteiger partial charge in [-0.1, -0.05) is 84.9 Å². The second-order valence-electron chi connectivity index (χ2n) is 5.68. The van der Waals surface area contributed by atoms with Gasteiger partial charge >= 0.3 is 0 Å². The van der Waals surface area contributed by atoms with Crippen molar-refractivity contribution < 1.29 is 0 Å². The molecule has 3 aromatic carbocycles. The SMILES string of the molecule is NC(c1ccccc1)c1ccccc1CNCc1ccccc1. The summed E-state index contributed by atoms with van der Waals surface area (Å²) in [5.41, 5.74) is 11.3. The third-order valence-corrected chi connectivity index (χ3v) is 4.04. The highest BCUT2D eigenvalue weighted by Gasteiger charge is 2.12. The normalized spacial score (nSPS) is 12.0. The first-order valence-corrected chi connectivity index (χ1v) is 7.97. The number of nitrogens with one attached hydrogen (secondary N) is 1. The highest BCUT2D eigenvalue weighted by Crippen LogP contribution is 2.22. The fourth-order valence-electron chi connectivity index (χ4n) is 2.78. The first kappa shape index (κ1) is 15.5. The molecule has 3 aromatic rings. The molecule has 2 nitrogen and oxygen atoms in total. The Kier molecular flexibility index (Phi) is 5.20. The van der Waals surface area contributed by atoms with Crippen molar-refractivity contribution in [3.63, 3.8) is 0 Å². The fourth-order valence-corrected chi connectivity index (χ4v) is 2.78. The van der Waals surface area contributed by atoms with Crippen molar-refractivity contribution in [1.82, 2.24) is 5.32 Å². The lowest BCUT2D eigenvalue weighted by Gasteiger charge is -2.17. The first-order chi connectivity index (χ1) is 11.3. The van der Waals surface area contributed by atoms with Crippen molar-refractivity contribution in [3.05, 3.63) is 107 Å². The minimum Gasteiger partial charge on any atom is -0.320 e. The van der Waals surface area contributed by atoms with Crippen LogP contribution in [0.5, 0.6) is 0 Å². The fraction of sp³-hybridized carbons (Fsp3) is 0.143. The molecule has 0 heterocycles. The highest BCUT2D eigenvalue weighted by atomic mass is 14.8. The maximum atomic E-state index is 6.47. The lowest BCUT2D eigenvalue weighted by Crippen LogP contribution is -2.18. The molecule has 2 heteroatoms. The van der Waals surface area contributed by atoms with Crippen molar-refractivity contribution in [2.75, 3.05) is 0 Å². The van der Waals surface area contributed by atoms with Crippen LogP contribution in [0.1, 0.15) is 28.3 Å². The van der Waals surface area contributed by atoms with Gasteiger partial charge < -0.3 is 11.1 Å². The van der Waals surface area contributed by atoms with Gasteiger partial charge in [-0.05, 0) is 22.3 Å². The van der Waals surface area contributed by atoms with Gasteiger partial charge in [0.05, 0.1) is 6.04 Å². The van der Waals surface area contributed by atoms with Gasteiger partial charge in [0.25, 0.3) is 0 Å². The quantitative estimate of drug-likeness (QED) is 0.721. The van der Waals surface area contributed by atoms with Gasteiger partial charge in [-0.2, -0.15) is 0 Å². The number of rotatable bonds is 6. The van der Waals surface area contributed by atoms with Gasteiger partial charge in [0.1, 0.15) is 0 Å². The van der Waals surface area contributed by atoms with Crippen LogP contribution in [0.25, 0.3) is 0 Å². The molecular weight excluding hydrogens is 280 g/mol. The van der Waals surface area contributed by atoms with E-state index in [1.807, 2.05) is 24.3 Å². The van der Waals surface area contributed by atoms with Crippen molar-refractivity contribution in [2.45, 2.75) is 19.1 Å². The second-order valence-corrected chi connectivity index (χ2v) is 5.68. The van der Waals surface area contributed by atoms with Gasteiger partial charge in [0.15, 0.2) is 0 Å². The largest absolute Gasteiger partial charge is 0.320 e. The minimum absolute atomic E-state index is 0.0917. The van der Waals surface area contributed by atoms with Crippen LogP contribution in [0.3, 0.4) is 0 Å². The summed E-state index contributed by atoms with van der Waals surface area (Å²) in [6, 6.07) is 29.0. The van der Waals surface area contributed by atoms with Crippen LogP contribution in [-0.2, 0) is 13.1 Å². The summed E-state index contributed by atoms with van der Waals surface area (Å²) in [6.07, 6.45) is 0. The van der Waals surface area contributed by atoms with E-state index in [1.165, 1.54) is 16.7 Å². The smallest absolute Gasteiger partial charge is 0.0554 e. The monoisotopic (exact) mass is 302 g/mol. The second kappa shape index (κ2) is 7.73. The standard InChI is InChI=1S/C21H22N2/c22-21(18-11-5-2-6-12-18)20-14-8-7-13-19(20)16-23-15-17-9-3-1-4-10-17/h1-14,21,23H,15-16,22H2. The van der Waals surface area contributed by atoms with E-state index in [0.717, 1.165) is 18.7 Å². The van der Waals surface area contributed by atoms with Crippen LogP contribution < -0.4 is 11.1 Å². The van der Waals surface area contributed by atoms with Crippen LogP contribution in [0.15, 0.2) is 84.9 Å². The average Bonchev–Trinajstić information content (AvgIpc) is 2.63. The molecule has 0 saturated carbocycles. The van der Waals surface area contributed by atoms with Gasteiger partial charge in [-0.15, -0.1) is 0 Å². The summed E-state index contributed by atoms with van der Waals surface area (Å²) in [5, 5.41) is 3.51. The van der Waals surface area contributed by atoms with E-state index >= 15 is 0 Å². The highest BCUT2D eigenvalue weighted by molar-refractivity contribution is 5.37. The summed E-state index contributed by atoms with van der Waals surface area (Å²) < 4.78 is 0.